The van der Waals surface area contributed by atoms with Crippen LogP contribution in [0.3, 0.4) is 0 Å². The molecule has 21 heavy (non-hydrogen) atoms. The van der Waals surface area contributed by atoms with E-state index in [1.165, 1.54) is 12.3 Å². The second-order valence-corrected chi connectivity index (χ2v) is 6.98. The first-order valence-corrected chi connectivity index (χ1v) is 8.39. The minimum atomic E-state index is -3.49. The van der Waals surface area contributed by atoms with Gasteiger partial charge in [0.1, 0.15) is 10.4 Å². The minimum absolute atomic E-state index is 0.0792. The number of carbonyl (C=O) groups excluding carboxylic acids is 1. The van der Waals surface area contributed by atoms with Gasteiger partial charge < -0.3 is 5.32 Å². The summed E-state index contributed by atoms with van der Waals surface area (Å²) in [6, 6.07) is 6.27. The average molecular weight is 373 g/mol. The van der Waals surface area contributed by atoms with Crippen molar-refractivity contribution < 1.29 is 17.6 Å². The summed E-state index contributed by atoms with van der Waals surface area (Å²) in [7, 11) is -3.49. The Balaban J connectivity index is 2.36. The summed E-state index contributed by atoms with van der Waals surface area (Å²) in [6.07, 6.45) is 2.50. The molecule has 2 rings (SSSR count). The number of nitrogens with one attached hydrogen (secondary N) is 1. The van der Waals surface area contributed by atoms with E-state index in [-0.39, 0.29) is 16.1 Å². The van der Waals surface area contributed by atoms with Crippen LogP contribution >= 0.6 is 15.9 Å². The first kappa shape index (κ1) is 15.6. The molecule has 0 saturated heterocycles. The Morgan fingerprint density at radius 2 is 2.05 bits per heavy atom. The number of amides is 1. The molecule has 0 aliphatic carbocycles. The minimum Gasteiger partial charge on any atom is -0.319 e. The SMILES string of the molecule is CS(=O)(=O)c1ccc(F)c(NC(=O)c2cccnc2Br)c1. The summed E-state index contributed by atoms with van der Waals surface area (Å²) in [5.41, 5.74) is 0.000312. The summed E-state index contributed by atoms with van der Waals surface area (Å²) in [5, 5.41) is 2.33. The van der Waals surface area contributed by atoms with Gasteiger partial charge in [-0.05, 0) is 46.3 Å². The number of rotatable bonds is 3. The highest BCUT2D eigenvalue weighted by Crippen LogP contribution is 2.21. The Morgan fingerprint density at radius 3 is 2.67 bits per heavy atom. The van der Waals surface area contributed by atoms with Crippen LogP contribution in [0.25, 0.3) is 0 Å². The smallest absolute Gasteiger partial charge is 0.258 e. The van der Waals surface area contributed by atoms with E-state index in [0.29, 0.717) is 4.60 Å². The molecule has 0 radical (unpaired) electrons. The molecule has 0 spiro atoms. The Kier molecular flexibility index (Phi) is 4.38. The molecule has 110 valence electrons. The predicted octanol–water partition coefficient (Wildman–Crippen LogP) is 2.64. The van der Waals surface area contributed by atoms with Crippen molar-refractivity contribution in [3.63, 3.8) is 0 Å². The first-order valence-electron chi connectivity index (χ1n) is 5.70. The van der Waals surface area contributed by atoms with Gasteiger partial charge in [0.2, 0.25) is 0 Å². The lowest BCUT2D eigenvalue weighted by atomic mass is 10.2. The molecule has 0 aliphatic rings. The lowest BCUT2D eigenvalue weighted by Gasteiger charge is -2.08. The highest BCUT2D eigenvalue weighted by atomic mass is 79.9. The molecule has 1 N–H and O–H groups in total. The third kappa shape index (κ3) is 3.64. The number of nitrogens with zero attached hydrogens (tertiary/aromatic N) is 1. The molecule has 0 bridgehead atoms. The Labute approximate surface area is 129 Å². The van der Waals surface area contributed by atoms with Crippen molar-refractivity contribution >= 4 is 37.4 Å². The molecule has 0 aliphatic heterocycles. The number of benzene rings is 1. The van der Waals surface area contributed by atoms with Gasteiger partial charge in [-0.1, -0.05) is 0 Å². The molecule has 0 unspecified atom stereocenters. The maximum absolute atomic E-state index is 13.7. The second kappa shape index (κ2) is 5.90. The van der Waals surface area contributed by atoms with Gasteiger partial charge in [0.05, 0.1) is 16.1 Å². The molecular formula is C13H10BrFN2O3S. The summed E-state index contributed by atoms with van der Waals surface area (Å²) in [5.74, 6) is -1.32. The van der Waals surface area contributed by atoms with Crippen molar-refractivity contribution in [1.82, 2.24) is 4.98 Å². The molecule has 8 heteroatoms. The van der Waals surface area contributed by atoms with Crippen LogP contribution in [0.2, 0.25) is 0 Å². The van der Waals surface area contributed by atoms with E-state index in [4.69, 9.17) is 0 Å². The highest BCUT2D eigenvalue weighted by Gasteiger charge is 2.15. The van der Waals surface area contributed by atoms with Gasteiger partial charge in [-0.2, -0.15) is 0 Å². The summed E-state index contributed by atoms with van der Waals surface area (Å²) >= 11 is 3.11. The molecule has 1 aromatic carbocycles. The number of hydrogen-bond donors (Lipinski definition) is 1. The third-order valence-electron chi connectivity index (χ3n) is 2.62. The molecular weight excluding hydrogens is 363 g/mol. The van der Waals surface area contributed by atoms with Gasteiger partial charge in [-0.15, -0.1) is 0 Å². The molecule has 1 heterocycles. The molecule has 0 fully saturated rings. The fraction of sp³-hybridized carbons (Fsp3) is 0.0769. The van der Waals surface area contributed by atoms with E-state index >= 15 is 0 Å². The van der Waals surface area contributed by atoms with Gasteiger partial charge >= 0.3 is 0 Å². The Bertz CT molecular complexity index is 809. The van der Waals surface area contributed by atoms with Crippen LogP contribution in [0.4, 0.5) is 10.1 Å². The standard InChI is InChI=1S/C13H10BrFN2O3S/c1-21(19,20)8-4-5-10(15)11(7-8)17-13(18)9-3-2-6-16-12(9)14/h2-7H,1H3,(H,17,18). The average Bonchev–Trinajstić information content (AvgIpc) is 2.40. The van der Waals surface area contributed by atoms with Crippen molar-refractivity contribution in [3.8, 4) is 0 Å². The fourth-order valence-corrected chi connectivity index (χ4v) is 2.65. The van der Waals surface area contributed by atoms with Gasteiger partial charge in [0.15, 0.2) is 9.84 Å². The maximum Gasteiger partial charge on any atom is 0.258 e. The number of sulfone groups is 1. The van der Waals surface area contributed by atoms with Gasteiger partial charge in [0, 0.05) is 12.5 Å². The van der Waals surface area contributed by atoms with Gasteiger partial charge in [-0.25, -0.2) is 17.8 Å². The zero-order valence-electron chi connectivity index (χ0n) is 10.8. The molecule has 0 saturated carbocycles. The van der Waals surface area contributed by atoms with Crippen molar-refractivity contribution in [2.75, 3.05) is 11.6 Å². The van der Waals surface area contributed by atoms with Crippen LogP contribution in [0.15, 0.2) is 46.0 Å². The van der Waals surface area contributed by atoms with E-state index in [1.807, 2.05) is 0 Å². The summed E-state index contributed by atoms with van der Waals surface area (Å²) < 4.78 is 36.9. The van der Waals surface area contributed by atoms with Crippen molar-refractivity contribution in [2.24, 2.45) is 0 Å². The molecule has 1 aromatic heterocycles. The summed E-state index contributed by atoms with van der Waals surface area (Å²) in [6.45, 7) is 0. The Hall–Kier alpha value is -1.80. The lowest BCUT2D eigenvalue weighted by Crippen LogP contribution is -2.14. The maximum atomic E-state index is 13.7. The number of aromatic nitrogens is 1. The zero-order chi connectivity index (χ0) is 15.6. The van der Waals surface area contributed by atoms with E-state index in [1.54, 1.807) is 6.07 Å². The molecule has 2 aromatic rings. The largest absolute Gasteiger partial charge is 0.319 e. The number of hydrogen-bond acceptors (Lipinski definition) is 4. The van der Waals surface area contributed by atoms with Crippen LogP contribution in [0, 0.1) is 5.82 Å². The predicted molar refractivity (Wildman–Crippen MR) is 79.4 cm³/mol. The fourth-order valence-electron chi connectivity index (χ4n) is 1.58. The third-order valence-corrected chi connectivity index (χ3v) is 4.36. The normalized spacial score (nSPS) is 11.2. The van der Waals surface area contributed by atoms with E-state index in [2.05, 4.69) is 26.2 Å². The van der Waals surface area contributed by atoms with Crippen LogP contribution in [-0.4, -0.2) is 25.6 Å². The molecule has 5 nitrogen and oxygen atoms in total. The van der Waals surface area contributed by atoms with E-state index < -0.39 is 21.6 Å². The number of carbonyl (C=O) groups is 1. The van der Waals surface area contributed by atoms with E-state index in [9.17, 15) is 17.6 Å². The first-order chi connectivity index (χ1) is 9.79. The number of anilines is 1. The van der Waals surface area contributed by atoms with Gasteiger partial charge in [0.25, 0.3) is 5.91 Å². The van der Waals surface area contributed by atoms with Crippen LogP contribution in [0.1, 0.15) is 10.4 Å². The molecule has 0 atom stereocenters. The van der Waals surface area contributed by atoms with E-state index in [0.717, 1.165) is 24.5 Å². The quantitative estimate of drug-likeness (QED) is 0.663. The number of halogens is 2. The number of pyridine rings is 1. The van der Waals surface area contributed by atoms with Crippen LogP contribution in [-0.2, 0) is 9.84 Å². The van der Waals surface area contributed by atoms with Crippen LogP contribution in [0.5, 0.6) is 0 Å². The van der Waals surface area contributed by atoms with Gasteiger partial charge in [-0.3, -0.25) is 4.79 Å². The second-order valence-electron chi connectivity index (χ2n) is 4.21. The summed E-state index contributed by atoms with van der Waals surface area (Å²) in [4.78, 5) is 15.9. The topological polar surface area (TPSA) is 76.1 Å². The monoisotopic (exact) mass is 372 g/mol. The highest BCUT2D eigenvalue weighted by molar-refractivity contribution is 9.10. The zero-order valence-corrected chi connectivity index (χ0v) is 13.2. The lowest BCUT2D eigenvalue weighted by molar-refractivity contribution is 0.102. The van der Waals surface area contributed by atoms with Crippen molar-refractivity contribution in [1.29, 1.82) is 0 Å². The van der Waals surface area contributed by atoms with Crippen LogP contribution < -0.4 is 5.32 Å². The molecule has 1 amide bonds. The van der Waals surface area contributed by atoms with Crippen molar-refractivity contribution in [2.45, 2.75) is 4.90 Å². The van der Waals surface area contributed by atoms with Crippen molar-refractivity contribution in [3.05, 3.63) is 52.5 Å². The Morgan fingerprint density at radius 1 is 1.33 bits per heavy atom.